The Bertz CT molecular complexity index is 298. The van der Waals surface area contributed by atoms with Crippen LogP contribution in [0, 0.1) is 17.8 Å². The van der Waals surface area contributed by atoms with Crippen LogP contribution >= 0.6 is 0 Å². The van der Waals surface area contributed by atoms with Crippen LogP contribution in [0.25, 0.3) is 0 Å². The van der Waals surface area contributed by atoms with Crippen molar-refractivity contribution < 1.29 is 0 Å². The minimum atomic E-state index is 0.800. The monoisotopic (exact) mass is 278 g/mol. The topological polar surface area (TPSA) is 24.1 Å². The third-order valence-corrected chi connectivity index (χ3v) is 6.61. The Labute approximate surface area is 125 Å². The van der Waals surface area contributed by atoms with Gasteiger partial charge in [0.05, 0.1) is 0 Å². The van der Waals surface area contributed by atoms with E-state index < -0.39 is 0 Å². The summed E-state index contributed by atoms with van der Waals surface area (Å²) in [5.41, 5.74) is 0. The first-order chi connectivity index (χ1) is 9.79. The lowest BCUT2D eigenvalue weighted by Gasteiger charge is -2.35. The highest BCUT2D eigenvalue weighted by Gasteiger charge is 2.38. The van der Waals surface area contributed by atoms with Gasteiger partial charge in [0.2, 0.25) is 0 Å². The van der Waals surface area contributed by atoms with Crippen molar-refractivity contribution in [3.05, 3.63) is 0 Å². The molecule has 0 aromatic heterocycles. The fraction of sp³-hybridized carbons (Fsp3) is 1.00. The van der Waals surface area contributed by atoms with Gasteiger partial charge in [-0.05, 0) is 62.8 Å². The van der Waals surface area contributed by atoms with Crippen molar-refractivity contribution in [2.24, 2.45) is 17.8 Å². The van der Waals surface area contributed by atoms with Crippen LogP contribution in [0.4, 0.5) is 0 Å². The molecule has 0 radical (unpaired) electrons. The van der Waals surface area contributed by atoms with E-state index in [9.17, 15) is 0 Å². The molecule has 1 saturated heterocycles. The maximum Gasteiger partial charge on any atom is 0.0113 e. The van der Waals surface area contributed by atoms with Crippen LogP contribution in [0.3, 0.4) is 0 Å². The molecule has 2 N–H and O–H groups in total. The second-order valence-electron chi connectivity index (χ2n) is 7.64. The smallest absolute Gasteiger partial charge is 0.0113 e. The molecule has 1 heterocycles. The van der Waals surface area contributed by atoms with E-state index in [4.69, 9.17) is 0 Å². The van der Waals surface area contributed by atoms with E-state index in [-0.39, 0.29) is 0 Å². The number of hydrogen-bond donors (Lipinski definition) is 2. The lowest BCUT2D eigenvalue weighted by molar-refractivity contribution is 0.230. The Balaban J connectivity index is 1.56. The molecule has 3 aliphatic rings. The van der Waals surface area contributed by atoms with E-state index >= 15 is 0 Å². The zero-order chi connectivity index (χ0) is 13.9. The van der Waals surface area contributed by atoms with Gasteiger partial charge in [-0.15, -0.1) is 0 Å². The Morgan fingerprint density at radius 1 is 0.950 bits per heavy atom. The summed E-state index contributed by atoms with van der Waals surface area (Å²) >= 11 is 0. The van der Waals surface area contributed by atoms with Gasteiger partial charge in [0.15, 0.2) is 0 Å². The highest BCUT2D eigenvalue weighted by atomic mass is 15.0. The standard InChI is InChI=1S/C18H34N2/c1-3-14-10-11-16(13(14)2)20-18-9-6-7-15(18)17-8-4-5-12-19-17/h13-20H,3-12H2,1-2H3. The predicted octanol–water partition coefficient (Wildman–Crippen LogP) is 3.71. The van der Waals surface area contributed by atoms with Gasteiger partial charge < -0.3 is 10.6 Å². The molecule has 20 heavy (non-hydrogen) atoms. The van der Waals surface area contributed by atoms with Gasteiger partial charge in [-0.1, -0.05) is 33.1 Å². The lowest BCUT2D eigenvalue weighted by atomic mass is 9.87. The first kappa shape index (κ1) is 14.8. The van der Waals surface area contributed by atoms with Crippen molar-refractivity contribution in [2.45, 2.75) is 89.8 Å². The average Bonchev–Trinajstić information content (AvgIpc) is 3.08. The summed E-state index contributed by atoms with van der Waals surface area (Å²) in [7, 11) is 0. The van der Waals surface area contributed by atoms with Gasteiger partial charge in [-0.3, -0.25) is 0 Å². The van der Waals surface area contributed by atoms with E-state index in [2.05, 4.69) is 24.5 Å². The lowest BCUT2D eigenvalue weighted by Crippen LogP contribution is -2.50. The Kier molecular flexibility index (Phi) is 5.04. The molecule has 3 rings (SSSR count). The maximum atomic E-state index is 4.10. The zero-order valence-electron chi connectivity index (χ0n) is 13.5. The van der Waals surface area contributed by atoms with Crippen molar-refractivity contribution >= 4 is 0 Å². The SMILES string of the molecule is CCC1CCC(NC2CCCC2C2CCCCN2)C1C. The van der Waals surface area contributed by atoms with Crippen LogP contribution in [0.2, 0.25) is 0 Å². The van der Waals surface area contributed by atoms with Crippen LogP contribution in [0.1, 0.15) is 71.6 Å². The second kappa shape index (κ2) is 6.79. The molecule has 0 bridgehead atoms. The molecule has 6 unspecified atom stereocenters. The number of hydrogen-bond acceptors (Lipinski definition) is 2. The fourth-order valence-electron chi connectivity index (χ4n) is 5.26. The van der Waals surface area contributed by atoms with E-state index in [1.807, 2.05) is 0 Å². The van der Waals surface area contributed by atoms with E-state index in [0.29, 0.717) is 0 Å². The third-order valence-electron chi connectivity index (χ3n) is 6.61. The van der Waals surface area contributed by atoms with Gasteiger partial charge in [-0.2, -0.15) is 0 Å². The minimum Gasteiger partial charge on any atom is -0.314 e. The Hall–Kier alpha value is -0.0800. The molecule has 0 aromatic carbocycles. The number of rotatable bonds is 4. The summed E-state index contributed by atoms with van der Waals surface area (Å²) in [6, 6.07) is 2.41. The maximum absolute atomic E-state index is 4.10. The third kappa shape index (κ3) is 3.06. The van der Waals surface area contributed by atoms with Crippen molar-refractivity contribution in [1.82, 2.24) is 10.6 Å². The van der Waals surface area contributed by atoms with Crippen LogP contribution in [0.5, 0.6) is 0 Å². The predicted molar refractivity (Wildman–Crippen MR) is 85.9 cm³/mol. The van der Waals surface area contributed by atoms with Crippen molar-refractivity contribution in [3.8, 4) is 0 Å². The fourth-order valence-corrected chi connectivity index (χ4v) is 5.26. The summed E-state index contributed by atoms with van der Waals surface area (Å²) in [6.45, 7) is 6.11. The zero-order valence-corrected chi connectivity index (χ0v) is 13.5. The number of nitrogens with one attached hydrogen (secondary N) is 2. The summed E-state index contributed by atoms with van der Waals surface area (Å²) in [5, 5.41) is 7.91. The van der Waals surface area contributed by atoms with Gasteiger partial charge in [0.1, 0.15) is 0 Å². The molecular weight excluding hydrogens is 244 g/mol. The summed E-state index contributed by atoms with van der Waals surface area (Å²) < 4.78 is 0. The molecule has 2 heteroatoms. The average molecular weight is 278 g/mol. The highest BCUT2D eigenvalue weighted by molar-refractivity contribution is 4.96. The summed E-state index contributed by atoms with van der Waals surface area (Å²) in [5.74, 6) is 2.77. The van der Waals surface area contributed by atoms with Crippen molar-refractivity contribution in [1.29, 1.82) is 0 Å². The van der Waals surface area contributed by atoms with Crippen LogP contribution in [-0.4, -0.2) is 24.7 Å². The highest BCUT2D eigenvalue weighted by Crippen LogP contribution is 2.37. The molecule has 2 saturated carbocycles. The molecule has 0 aromatic rings. The molecular formula is C18H34N2. The number of piperidine rings is 1. The second-order valence-corrected chi connectivity index (χ2v) is 7.64. The minimum absolute atomic E-state index is 0.800. The van der Waals surface area contributed by atoms with Crippen LogP contribution in [0.15, 0.2) is 0 Å². The quantitative estimate of drug-likeness (QED) is 0.819. The Morgan fingerprint density at radius 2 is 1.85 bits per heavy atom. The largest absolute Gasteiger partial charge is 0.314 e. The molecule has 1 aliphatic heterocycles. The summed E-state index contributed by atoms with van der Waals surface area (Å²) in [4.78, 5) is 0. The normalized spacial score (nSPS) is 45.9. The molecule has 2 nitrogen and oxygen atoms in total. The summed E-state index contributed by atoms with van der Waals surface area (Å²) in [6.07, 6.45) is 12.8. The Morgan fingerprint density at radius 3 is 2.55 bits per heavy atom. The van der Waals surface area contributed by atoms with Crippen LogP contribution in [-0.2, 0) is 0 Å². The van der Waals surface area contributed by atoms with Gasteiger partial charge in [0.25, 0.3) is 0 Å². The van der Waals surface area contributed by atoms with Gasteiger partial charge in [0, 0.05) is 18.1 Å². The molecule has 0 amide bonds. The van der Waals surface area contributed by atoms with E-state index in [1.165, 1.54) is 64.3 Å². The molecule has 3 fully saturated rings. The molecule has 6 atom stereocenters. The molecule has 0 spiro atoms. The first-order valence-electron chi connectivity index (χ1n) is 9.29. The van der Waals surface area contributed by atoms with Gasteiger partial charge in [-0.25, -0.2) is 0 Å². The molecule has 2 aliphatic carbocycles. The van der Waals surface area contributed by atoms with Crippen LogP contribution < -0.4 is 10.6 Å². The van der Waals surface area contributed by atoms with Gasteiger partial charge >= 0.3 is 0 Å². The molecule has 116 valence electrons. The van der Waals surface area contributed by atoms with E-state index in [0.717, 1.165) is 35.9 Å². The first-order valence-corrected chi connectivity index (χ1v) is 9.29. The van der Waals surface area contributed by atoms with Crippen molar-refractivity contribution in [2.75, 3.05) is 6.54 Å². The van der Waals surface area contributed by atoms with E-state index in [1.54, 1.807) is 0 Å². The van der Waals surface area contributed by atoms with Crippen molar-refractivity contribution in [3.63, 3.8) is 0 Å².